The van der Waals surface area contributed by atoms with Gasteiger partial charge in [-0.25, -0.2) is 0 Å². The Morgan fingerprint density at radius 2 is 1.43 bits per heavy atom. The predicted octanol–water partition coefficient (Wildman–Crippen LogP) is 4.32. The number of aromatic hydroxyl groups is 1. The predicted molar refractivity (Wildman–Crippen MR) is 98.5 cm³/mol. The maximum atomic E-state index is 12.8. The van der Waals surface area contributed by atoms with Crippen molar-refractivity contribution in [1.82, 2.24) is 0 Å². The van der Waals surface area contributed by atoms with Gasteiger partial charge in [-0.15, -0.1) is 0 Å². The Hall–Kier alpha value is -2.39. The smallest absolute Gasteiger partial charge is 0.196 e. The summed E-state index contributed by atoms with van der Waals surface area (Å²) in [6, 6.07) is 18.8. The number of phenolic OH excluding ortho intramolecular Hbond substituents is 1. The van der Waals surface area contributed by atoms with Crippen molar-refractivity contribution >= 4 is 29.8 Å². The Morgan fingerprint density at radius 1 is 0.870 bits per heavy atom. The molecular formula is C20H20O2Si. The first-order valence-electron chi connectivity index (χ1n) is 7.74. The molecule has 0 bridgehead atoms. The Morgan fingerprint density at radius 3 is 2.04 bits per heavy atom. The van der Waals surface area contributed by atoms with Gasteiger partial charge in [0.25, 0.3) is 0 Å². The van der Waals surface area contributed by atoms with E-state index in [4.69, 9.17) is 0 Å². The van der Waals surface area contributed by atoms with Crippen LogP contribution in [0, 0.1) is 0 Å². The van der Waals surface area contributed by atoms with Gasteiger partial charge in [0.15, 0.2) is 5.78 Å². The number of hydrogen-bond acceptors (Lipinski definition) is 2. The molecule has 1 N–H and O–H groups in total. The Kier molecular flexibility index (Phi) is 3.82. The normalized spacial score (nSPS) is 11.6. The number of rotatable bonds is 3. The van der Waals surface area contributed by atoms with Crippen LogP contribution < -0.4 is 5.19 Å². The molecule has 0 aliphatic carbocycles. The largest absolute Gasteiger partial charge is 0.507 e. The standard InChI is InChI=1S/C20H20O2Si/c1-23(2,3)18-13-17(19(21)14-9-5-4-6-10-14)20(22)16-12-8-7-11-15(16)18/h4-13,22H,1-3H3. The van der Waals surface area contributed by atoms with Crippen molar-refractivity contribution in [1.29, 1.82) is 0 Å². The summed E-state index contributed by atoms with van der Waals surface area (Å²) < 4.78 is 0. The first-order valence-corrected chi connectivity index (χ1v) is 11.2. The van der Waals surface area contributed by atoms with Gasteiger partial charge in [-0.05, 0) is 11.5 Å². The topological polar surface area (TPSA) is 37.3 Å². The first kappa shape index (κ1) is 15.5. The molecule has 3 aromatic rings. The summed E-state index contributed by atoms with van der Waals surface area (Å²) in [4.78, 5) is 12.8. The SMILES string of the molecule is C[Si](C)(C)c1cc(C(=O)c2ccccc2)c(O)c2ccccc12. The second-order valence-electron chi connectivity index (χ2n) is 6.81. The quantitative estimate of drug-likeness (QED) is 0.576. The molecular weight excluding hydrogens is 300 g/mol. The minimum Gasteiger partial charge on any atom is -0.507 e. The van der Waals surface area contributed by atoms with E-state index in [-0.39, 0.29) is 11.5 Å². The molecule has 2 nitrogen and oxygen atoms in total. The maximum Gasteiger partial charge on any atom is 0.196 e. The third-order valence-electron chi connectivity index (χ3n) is 4.10. The first-order chi connectivity index (χ1) is 10.9. The minimum atomic E-state index is -1.66. The van der Waals surface area contributed by atoms with Crippen LogP contribution in [0.1, 0.15) is 15.9 Å². The van der Waals surface area contributed by atoms with Crippen LogP contribution in [-0.4, -0.2) is 19.0 Å². The molecule has 0 radical (unpaired) electrons. The lowest BCUT2D eigenvalue weighted by molar-refractivity contribution is 0.103. The van der Waals surface area contributed by atoms with E-state index < -0.39 is 8.07 Å². The number of carbonyl (C=O) groups is 1. The second-order valence-corrected chi connectivity index (χ2v) is 11.8. The molecule has 3 aromatic carbocycles. The fraction of sp³-hybridized carbons (Fsp3) is 0.150. The maximum absolute atomic E-state index is 12.8. The number of phenols is 1. The lowest BCUT2D eigenvalue weighted by atomic mass is 9.98. The van der Waals surface area contributed by atoms with Gasteiger partial charge in [0.1, 0.15) is 5.75 Å². The molecule has 0 spiro atoms. The van der Waals surface area contributed by atoms with E-state index in [1.807, 2.05) is 48.5 Å². The summed E-state index contributed by atoms with van der Waals surface area (Å²) in [7, 11) is -1.66. The van der Waals surface area contributed by atoms with E-state index in [1.54, 1.807) is 12.1 Å². The number of benzene rings is 3. The van der Waals surface area contributed by atoms with Gasteiger partial charge < -0.3 is 5.11 Å². The molecule has 3 rings (SSSR count). The lowest BCUT2D eigenvalue weighted by Crippen LogP contribution is -2.38. The molecule has 116 valence electrons. The Balaban J connectivity index is 2.30. The van der Waals surface area contributed by atoms with Crippen LogP contribution in [0.25, 0.3) is 10.8 Å². The van der Waals surface area contributed by atoms with Crippen LogP contribution in [0.5, 0.6) is 5.75 Å². The van der Waals surface area contributed by atoms with Crippen molar-refractivity contribution in [3.63, 3.8) is 0 Å². The van der Waals surface area contributed by atoms with Crippen LogP contribution in [0.2, 0.25) is 19.6 Å². The highest BCUT2D eigenvalue weighted by atomic mass is 28.3. The van der Waals surface area contributed by atoms with Crippen LogP contribution in [0.15, 0.2) is 60.7 Å². The summed E-state index contributed by atoms with van der Waals surface area (Å²) in [5, 5.41) is 13.7. The van der Waals surface area contributed by atoms with E-state index in [0.717, 1.165) is 10.8 Å². The summed E-state index contributed by atoms with van der Waals surface area (Å²) in [5.41, 5.74) is 0.993. The zero-order valence-corrected chi connectivity index (χ0v) is 14.6. The molecule has 0 saturated carbocycles. The van der Waals surface area contributed by atoms with E-state index >= 15 is 0 Å². The number of fused-ring (bicyclic) bond motifs is 1. The zero-order valence-electron chi connectivity index (χ0n) is 13.6. The average molecular weight is 320 g/mol. The van der Waals surface area contributed by atoms with E-state index in [0.29, 0.717) is 11.1 Å². The second kappa shape index (κ2) is 5.67. The summed E-state index contributed by atoms with van der Waals surface area (Å²) >= 11 is 0. The number of hydrogen-bond donors (Lipinski definition) is 1. The van der Waals surface area contributed by atoms with Gasteiger partial charge in [0.05, 0.1) is 13.6 Å². The van der Waals surface area contributed by atoms with Crippen LogP contribution >= 0.6 is 0 Å². The van der Waals surface area contributed by atoms with Gasteiger partial charge in [-0.1, -0.05) is 79.4 Å². The van der Waals surface area contributed by atoms with Crippen molar-refractivity contribution in [2.24, 2.45) is 0 Å². The van der Waals surface area contributed by atoms with Gasteiger partial charge in [-0.3, -0.25) is 4.79 Å². The summed E-state index contributed by atoms with van der Waals surface area (Å²) in [5.74, 6) is -0.0511. The summed E-state index contributed by atoms with van der Waals surface area (Å²) in [6.07, 6.45) is 0. The molecule has 0 fully saturated rings. The molecule has 0 aromatic heterocycles. The fourth-order valence-electron chi connectivity index (χ4n) is 2.90. The van der Waals surface area contributed by atoms with Crippen LogP contribution in [0.4, 0.5) is 0 Å². The van der Waals surface area contributed by atoms with Crippen molar-refractivity contribution in [2.75, 3.05) is 0 Å². The van der Waals surface area contributed by atoms with E-state index in [9.17, 15) is 9.90 Å². The third-order valence-corrected chi connectivity index (χ3v) is 6.13. The van der Waals surface area contributed by atoms with Gasteiger partial charge in [-0.2, -0.15) is 0 Å². The van der Waals surface area contributed by atoms with Crippen molar-refractivity contribution in [3.8, 4) is 5.75 Å². The molecule has 23 heavy (non-hydrogen) atoms. The van der Waals surface area contributed by atoms with Gasteiger partial charge in [0.2, 0.25) is 0 Å². The summed E-state index contributed by atoms with van der Waals surface area (Å²) in [6.45, 7) is 6.76. The molecule has 0 unspecified atom stereocenters. The number of ketones is 1. The highest BCUT2D eigenvalue weighted by Gasteiger charge is 2.24. The monoisotopic (exact) mass is 320 g/mol. The van der Waals surface area contributed by atoms with Crippen LogP contribution in [-0.2, 0) is 0 Å². The zero-order chi connectivity index (χ0) is 16.6. The van der Waals surface area contributed by atoms with Crippen molar-refractivity contribution in [3.05, 3.63) is 71.8 Å². The molecule has 0 atom stereocenters. The average Bonchev–Trinajstić information content (AvgIpc) is 2.54. The highest BCUT2D eigenvalue weighted by molar-refractivity contribution is 6.90. The molecule has 3 heteroatoms. The van der Waals surface area contributed by atoms with E-state index in [2.05, 4.69) is 19.6 Å². The minimum absolute atomic E-state index is 0.0800. The van der Waals surface area contributed by atoms with Gasteiger partial charge in [0, 0.05) is 10.9 Å². The third kappa shape index (κ3) is 2.80. The molecule has 0 aliphatic heterocycles. The van der Waals surface area contributed by atoms with Crippen LogP contribution in [0.3, 0.4) is 0 Å². The van der Waals surface area contributed by atoms with E-state index in [1.165, 1.54) is 5.19 Å². The molecule has 0 heterocycles. The van der Waals surface area contributed by atoms with Crippen molar-refractivity contribution in [2.45, 2.75) is 19.6 Å². The Bertz CT molecular complexity index is 877. The highest BCUT2D eigenvalue weighted by Crippen LogP contribution is 2.30. The molecule has 0 aliphatic rings. The fourth-order valence-corrected chi connectivity index (χ4v) is 4.50. The number of carbonyl (C=O) groups excluding carboxylic acids is 1. The Labute approximate surface area is 137 Å². The lowest BCUT2D eigenvalue weighted by Gasteiger charge is -2.21. The molecule has 0 amide bonds. The molecule has 0 saturated heterocycles. The van der Waals surface area contributed by atoms with Crippen molar-refractivity contribution < 1.29 is 9.90 Å². The van der Waals surface area contributed by atoms with Gasteiger partial charge >= 0.3 is 0 Å².